The number of nitrogens with one attached hydrogen (secondary N) is 1. The van der Waals surface area contributed by atoms with Gasteiger partial charge in [0, 0.05) is 24.7 Å². The summed E-state index contributed by atoms with van der Waals surface area (Å²) in [5.41, 5.74) is 0.643. The van der Waals surface area contributed by atoms with Gasteiger partial charge in [-0.05, 0) is 51.1 Å². The number of halogens is 2. The molecule has 0 aliphatic rings. The molecule has 0 heterocycles. The summed E-state index contributed by atoms with van der Waals surface area (Å²) >= 11 is 0. The van der Waals surface area contributed by atoms with Crippen molar-refractivity contribution in [1.29, 1.82) is 0 Å². The van der Waals surface area contributed by atoms with Crippen LogP contribution in [0.25, 0.3) is 0 Å². The summed E-state index contributed by atoms with van der Waals surface area (Å²) in [5.74, 6) is -0.439. The van der Waals surface area contributed by atoms with Crippen LogP contribution in [0.4, 0.5) is 8.78 Å². The van der Waals surface area contributed by atoms with Crippen molar-refractivity contribution < 1.29 is 8.78 Å². The summed E-state index contributed by atoms with van der Waals surface area (Å²) in [7, 11) is 4.11. The van der Waals surface area contributed by atoms with Gasteiger partial charge in [0.1, 0.15) is 11.6 Å². The normalized spacial score (nSPS) is 14.8. The minimum absolute atomic E-state index is 0.0742. The van der Waals surface area contributed by atoms with Gasteiger partial charge in [0.2, 0.25) is 0 Å². The molecular formula is C16H26F2N2. The minimum atomic E-state index is -0.528. The molecule has 0 amide bonds. The van der Waals surface area contributed by atoms with Gasteiger partial charge in [-0.15, -0.1) is 0 Å². The molecule has 0 aliphatic carbocycles. The van der Waals surface area contributed by atoms with E-state index in [4.69, 9.17) is 0 Å². The van der Waals surface area contributed by atoms with Gasteiger partial charge in [-0.25, -0.2) is 8.78 Å². The van der Waals surface area contributed by atoms with Gasteiger partial charge in [-0.1, -0.05) is 13.8 Å². The van der Waals surface area contributed by atoms with E-state index in [0.29, 0.717) is 17.5 Å². The molecule has 114 valence electrons. The van der Waals surface area contributed by atoms with Gasteiger partial charge in [-0.2, -0.15) is 0 Å². The van der Waals surface area contributed by atoms with Crippen LogP contribution in [0.1, 0.15) is 38.8 Å². The molecule has 2 nitrogen and oxygen atoms in total. The number of hydrogen-bond donors (Lipinski definition) is 1. The van der Waals surface area contributed by atoms with Crippen LogP contribution in [0, 0.1) is 17.6 Å². The minimum Gasteiger partial charge on any atom is -0.309 e. The van der Waals surface area contributed by atoms with E-state index >= 15 is 0 Å². The van der Waals surface area contributed by atoms with Crippen molar-refractivity contribution >= 4 is 0 Å². The smallest absolute Gasteiger partial charge is 0.126 e. The van der Waals surface area contributed by atoms with E-state index in [0.717, 1.165) is 19.0 Å². The van der Waals surface area contributed by atoms with Crippen molar-refractivity contribution in [1.82, 2.24) is 10.2 Å². The lowest BCUT2D eigenvalue weighted by atomic mass is 10.0. The average molecular weight is 284 g/mol. The first-order chi connectivity index (χ1) is 9.29. The molecule has 2 atom stereocenters. The Hall–Kier alpha value is -1.00. The molecule has 0 radical (unpaired) electrons. The molecule has 0 aromatic heterocycles. The standard InChI is InChI=1S/C16H26F2N2/c1-11(2)6-16(20(4)5)10-19-12(3)13-7-14(17)9-15(18)8-13/h7-9,11-12,16,19H,6,10H2,1-5H3. The SMILES string of the molecule is CC(C)CC(CNC(C)c1cc(F)cc(F)c1)N(C)C. The van der Waals surface area contributed by atoms with Crippen molar-refractivity contribution in [3.63, 3.8) is 0 Å². The average Bonchev–Trinajstić information content (AvgIpc) is 2.32. The number of benzene rings is 1. The molecular weight excluding hydrogens is 258 g/mol. The number of hydrogen-bond acceptors (Lipinski definition) is 2. The van der Waals surface area contributed by atoms with Crippen molar-refractivity contribution in [2.24, 2.45) is 5.92 Å². The highest BCUT2D eigenvalue weighted by molar-refractivity contribution is 5.20. The second-order valence-electron chi connectivity index (χ2n) is 6.08. The highest BCUT2D eigenvalue weighted by Gasteiger charge is 2.15. The van der Waals surface area contributed by atoms with Crippen molar-refractivity contribution in [3.05, 3.63) is 35.4 Å². The maximum atomic E-state index is 13.2. The maximum absolute atomic E-state index is 13.2. The molecule has 1 aromatic rings. The van der Waals surface area contributed by atoms with Crippen LogP contribution in [0.2, 0.25) is 0 Å². The van der Waals surface area contributed by atoms with E-state index in [-0.39, 0.29) is 6.04 Å². The topological polar surface area (TPSA) is 15.3 Å². The molecule has 1 aromatic carbocycles. The van der Waals surface area contributed by atoms with E-state index in [2.05, 4.69) is 38.2 Å². The molecule has 1 N–H and O–H groups in total. The molecule has 4 heteroatoms. The molecule has 2 unspecified atom stereocenters. The summed E-state index contributed by atoms with van der Waals surface area (Å²) < 4.78 is 26.4. The molecule has 0 fully saturated rings. The zero-order valence-electron chi connectivity index (χ0n) is 13.1. The highest BCUT2D eigenvalue weighted by Crippen LogP contribution is 2.17. The fourth-order valence-corrected chi connectivity index (χ4v) is 2.28. The Kier molecular flexibility index (Phi) is 6.56. The van der Waals surface area contributed by atoms with E-state index < -0.39 is 11.6 Å². The lowest BCUT2D eigenvalue weighted by Gasteiger charge is -2.28. The lowest BCUT2D eigenvalue weighted by molar-refractivity contribution is 0.242. The zero-order valence-corrected chi connectivity index (χ0v) is 13.1. The fourth-order valence-electron chi connectivity index (χ4n) is 2.28. The summed E-state index contributed by atoms with van der Waals surface area (Å²) in [5, 5.41) is 3.37. The molecule has 0 spiro atoms. The van der Waals surface area contributed by atoms with Crippen LogP contribution in [-0.4, -0.2) is 31.6 Å². The Labute approximate surface area is 121 Å². The first kappa shape index (κ1) is 17.1. The Morgan fingerprint density at radius 2 is 1.60 bits per heavy atom. The summed E-state index contributed by atoms with van der Waals surface area (Å²) in [6.07, 6.45) is 1.09. The molecule has 0 bridgehead atoms. The summed E-state index contributed by atoms with van der Waals surface area (Å²) in [6.45, 7) is 7.12. The van der Waals surface area contributed by atoms with Crippen LogP contribution in [0.15, 0.2) is 18.2 Å². The van der Waals surface area contributed by atoms with E-state index in [9.17, 15) is 8.78 Å². The zero-order chi connectivity index (χ0) is 15.3. The quantitative estimate of drug-likeness (QED) is 0.823. The van der Waals surface area contributed by atoms with Gasteiger partial charge in [-0.3, -0.25) is 0 Å². The lowest BCUT2D eigenvalue weighted by Crippen LogP contribution is -2.39. The fraction of sp³-hybridized carbons (Fsp3) is 0.625. The second kappa shape index (κ2) is 7.70. The Balaban J connectivity index is 2.62. The van der Waals surface area contributed by atoms with Gasteiger partial charge in [0.25, 0.3) is 0 Å². The van der Waals surface area contributed by atoms with Crippen LogP contribution >= 0.6 is 0 Å². The second-order valence-corrected chi connectivity index (χ2v) is 6.08. The van der Waals surface area contributed by atoms with Crippen molar-refractivity contribution in [2.75, 3.05) is 20.6 Å². The van der Waals surface area contributed by atoms with Crippen LogP contribution in [-0.2, 0) is 0 Å². The number of rotatable bonds is 7. The third-order valence-corrected chi connectivity index (χ3v) is 3.52. The van der Waals surface area contributed by atoms with Gasteiger partial charge >= 0.3 is 0 Å². The van der Waals surface area contributed by atoms with E-state index in [1.165, 1.54) is 12.1 Å². The predicted octanol–water partition coefficient (Wildman–Crippen LogP) is 3.59. The first-order valence-corrected chi connectivity index (χ1v) is 7.15. The van der Waals surface area contributed by atoms with Crippen molar-refractivity contribution in [2.45, 2.75) is 39.3 Å². The first-order valence-electron chi connectivity index (χ1n) is 7.15. The molecule has 0 saturated heterocycles. The van der Waals surface area contributed by atoms with Crippen LogP contribution in [0.3, 0.4) is 0 Å². The van der Waals surface area contributed by atoms with Gasteiger partial charge < -0.3 is 10.2 Å². The Bertz CT molecular complexity index is 399. The maximum Gasteiger partial charge on any atom is 0.126 e. The highest BCUT2D eigenvalue weighted by atomic mass is 19.1. The van der Waals surface area contributed by atoms with E-state index in [1.54, 1.807) is 0 Å². The molecule has 1 rings (SSSR count). The number of likely N-dealkylation sites (N-methyl/N-ethyl adjacent to an activating group) is 1. The van der Waals surface area contributed by atoms with Gasteiger partial charge in [0.05, 0.1) is 0 Å². The largest absolute Gasteiger partial charge is 0.309 e. The van der Waals surface area contributed by atoms with Crippen molar-refractivity contribution in [3.8, 4) is 0 Å². The van der Waals surface area contributed by atoms with Gasteiger partial charge in [0.15, 0.2) is 0 Å². The monoisotopic (exact) mass is 284 g/mol. The summed E-state index contributed by atoms with van der Waals surface area (Å²) in [4.78, 5) is 2.19. The molecule has 0 aliphatic heterocycles. The third-order valence-electron chi connectivity index (χ3n) is 3.52. The summed E-state index contributed by atoms with van der Waals surface area (Å²) in [6, 6.07) is 4.00. The Morgan fingerprint density at radius 3 is 2.05 bits per heavy atom. The molecule has 20 heavy (non-hydrogen) atoms. The number of nitrogens with zero attached hydrogens (tertiary/aromatic N) is 1. The van der Waals surface area contributed by atoms with Crippen LogP contribution in [0.5, 0.6) is 0 Å². The Morgan fingerprint density at radius 1 is 1.05 bits per heavy atom. The van der Waals surface area contributed by atoms with E-state index in [1.807, 2.05) is 6.92 Å². The third kappa shape index (κ3) is 5.55. The predicted molar refractivity (Wildman–Crippen MR) is 79.7 cm³/mol. The molecule has 0 saturated carbocycles. The van der Waals surface area contributed by atoms with Crippen LogP contribution < -0.4 is 5.32 Å².